The average molecular weight is 201 g/mol. The molecule has 1 atom stereocenters. The first-order valence-corrected chi connectivity index (χ1v) is 5.49. The molecule has 3 heteroatoms. The number of carbonyl (C=O) groups is 1. The largest absolute Gasteiger partial charge is 0.463 e. The zero-order chi connectivity index (χ0) is 11.0. The molecule has 0 fully saturated rings. The monoisotopic (exact) mass is 201 g/mol. The Morgan fingerprint density at radius 2 is 2.00 bits per heavy atom. The number of carbonyl (C=O) groups excluding carboxylic acids is 1. The molecule has 14 heavy (non-hydrogen) atoms. The zero-order valence-corrected chi connectivity index (χ0v) is 9.58. The molecular formula is C11H23NO2. The van der Waals surface area contributed by atoms with Crippen LogP contribution in [0.4, 0.5) is 0 Å². The smallest absolute Gasteiger partial charge is 0.306 e. The van der Waals surface area contributed by atoms with E-state index < -0.39 is 0 Å². The second-order valence-corrected chi connectivity index (χ2v) is 3.93. The van der Waals surface area contributed by atoms with E-state index in [9.17, 15) is 4.79 Å². The molecule has 0 spiro atoms. The van der Waals surface area contributed by atoms with Gasteiger partial charge in [0.15, 0.2) is 0 Å². The van der Waals surface area contributed by atoms with Crippen molar-refractivity contribution >= 4 is 5.97 Å². The van der Waals surface area contributed by atoms with Gasteiger partial charge in [-0.05, 0) is 39.2 Å². The van der Waals surface area contributed by atoms with Crippen molar-refractivity contribution in [1.82, 2.24) is 0 Å². The SMILES string of the molecule is CCC(CCN)CCC(=O)OC(C)C. The fraction of sp³-hybridized carbons (Fsp3) is 0.909. The van der Waals surface area contributed by atoms with Gasteiger partial charge in [-0.15, -0.1) is 0 Å². The molecule has 0 radical (unpaired) electrons. The van der Waals surface area contributed by atoms with Crippen LogP contribution in [0.25, 0.3) is 0 Å². The van der Waals surface area contributed by atoms with E-state index in [1.54, 1.807) is 0 Å². The molecule has 0 aliphatic rings. The van der Waals surface area contributed by atoms with Gasteiger partial charge in [0, 0.05) is 6.42 Å². The highest BCUT2D eigenvalue weighted by atomic mass is 16.5. The van der Waals surface area contributed by atoms with Crippen LogP contribution >= 0.6 is 0 Å². The number of nitrogens with two attached hydrogens (primary N) is 1. The zero-order valence-electron chi connectivity index (χ0n) is 9.58. The highest BCUT2D eigenvalue weighted by molar-refractivity contribution is 5.69. The van der Waals surface area contributed by atoms with Gasteiger partial charge in [-0.25, -0.2) is 0 Å². The first-order valence-electron chi connectivity index (χ1n) is 5.49. The third-order valence-corrected chi connectivity index (χ3v) is 2.28. The van der Waals surface area contributed by atoms with Gasteiger partial charge in [-0.2, -0.15) is 0 Å². The maximum Gasteiger partial charge on any atom is 0.306 e. The minimum atomic E-state index is -0.0875. The van der Waals surface area contributed by atoms with Crippen molar-refractivity contribution in [2.45, 2.75) is 52.6 Å². The molecule has 0 aliphatic heterocycles. The van der Waals surface area contributed by atoms with Gasteiger partial charge in [-0.3, -0.25) is 4.79 Å². The van der Waals surface area contributed by atoms with Crippen LogP contribution in [0.15, 0.2) is 0 Å². The molecule has 0 saturated heterocycles. The van der Waals surface area contributed by atoms with Gasteiger partial charge in [0.25, 0.3) is 0 Å². The van der Waals surface area contributed by atoms with Gasteiger partial charge in [-0.1, -0.05) is 13.3 Å². The van der Waals surface area contributed by atoms with Gasteiger partial charge in [0.1, 0.15) is 0 Å². The molecule has 0 aromatic carbocycles. The van der Waals surface area contributed by atoms with E-state index in [2.05, 4.69) is 6.92 Å². The van der Waals surface area contributed by atoms with Crippen molar-refractivity contribution in [2.24, 2.45) is 11.7 Å². The Labute approximate surface area is 87.0 Å². The summed E-state index contributed by atoms with van der Waals surface area (Å²) in [6, 6.07) is 0. The molecule has 2 N–H and O–H groups in total. The highest BCUT2D eigenvalue weighted by Gasteiger charge is 2.10. The summed E-state index contributed by atoms with van der Waals surface area (Å²) in [7, 11) is 0. The van der Waals surface area contributed by atoms with Gasteiger partial charge >= 0.3 is 5.97 Å². The number of hydrogen-bond donors (Lipinski definition) is 1. The quantitative estimate of drug-likeness (QED) is 0.642. The lowest BCUT2D eigenvalue weighted by Gasteiger charge is -2.13. The lowest BCUT2D eigenvalue weighted by Crippen LogP contribution is -2.14. The first kappa shape index (κ1) is 13.4. The second kappa shape index (κ2) is 7.80. The van der Waals surface area contributed by atoms with Crippen molar-refractivity contribution in [1.29, 1.82) is 0 Å². The summed E-state index contributed by atoms with van der Waals surface area (Å²) in [5, 5.41) is 0. The van der Waals surface area contributed by atoms with Crippen molar-refractivity contribution in [3.63, 3.8) is 0 Å². The molecule has 0 aromatic rings. The summed E-state index contributed by atoms with van der Waals surface area (Å²) in [6.45, 7) is 6.58. The van der Waals surface area contributed by atoms with Crippen LogP contribution in [0.1, 0.15) is 46.5 Å². The Balaban J connectivity index is 3.62. The minimum absolute atomic E-state index is 0.00270. The molecular weight excluding hydrogens is 178 g/mol. The molecule has 0 bridgehead atoms. The van der Waals surface area contributed by atoms with Crippen LogP contribution in [0.3, 0.4) is 0 Å². The number of rotatable bonds is 7. The molecule has 0 saturated carbocycles. The standard InChI is InChI=1S/C11H23NO2/c1-4-10(7-8-12)5-6-11(13)14-9(2)3/h9-10H,4-8,12H2,1-3H3. The normalized spacial score (nSPS) is 12.9. The van der Waals surface area contributed by atoms with E-state index in [0.29, 0.717) is 18.9 Å². The van der Waals surface area contributed by atoms with E-state index >= 15 is 0 Å². The fourth-order valence-electron chi connectivity index (χ4n) is 1.43. The van der Waals surface area contributed by atoms with Gasteiger partial charge in [0.2, 0.25) is 0 Å². The van der Waals surface area contributed by atoms with E-state index in [-0.39, 0.29) is 12.1 Å². The molecule has 0 aromatic heterocycles. The molecule has 1 unspecified atom stereocenters. The third kappa shape index (κ3) is 6.89. The second-order valence-electron chi connectivity index (χ2n) is 3.93. The van der Waals surface area contributed by atoms with Crippen LogP contribution in [-0.4, -0.2) is 18.6 Å². The summed E-state index contributed by atoms with van der Waals surface area (Å²) in [6.07, 6.45) is 3.52. The van der Waals surface area contributed by atoms with E-state index in [0.717, 1.165) is 19.3 Å². The van der Waals surface area contributed by atoms with Crippen molar-refractivity contribution in [3.05, 3.63) is 0 Å². The fourth-order valence-corrected chi connectivity index (χ4v) is 1.43. The van der Waals surface area contributed by atoms with Crippen molar-refractivity contribution < 1.29 is 9.53 Å². The average Bonchev–Trinajstić information content (AvgIpc) is 2.11. The Morgan fingerprint density at radius 3 is 2.43 bits per heavy atom. The molecule has 84 valence electrons. The molecule has 0 amide bonds. The minimum Gasteiger partial charge on any atom is -0.463 e. The number of hydrogen-bond acceptors (Lipinski definition) is 3. The predicted octanol–water partition coefficient (Wildman–Crippen LogP) is 2.09. The van der Waals surface area contributed by atoms with Crippen LogP contribution in [-0.2, 0) is 9.53 Å². The highest BCUT2D eigenvalue weighted by Crippen LogP contribution is 2.15. The maximum atomic E-state index is 11.2. The van der Waals surface area contributed by atoms with Crippen molar-refractivity contribution in [2.75, 3.05) is 6.54 Å². The predicted molar refractivity (Wildman–Crippen MR) is 57.9 cm³/mol. The summed E-state index contributed by atoms with van der Waals surface area (Å²) < 4.78 is 5.05. The summed E-state index contributed by atoms with van der Waals surface area (Å²) in [5.41, 5.74) is 5.48. The topological polar surface area (TPSA) is 52.3 Å². The lowest BCUT2D eigenvalue weighted by molar-refractivity contribution is -0.147. The lowest BCUT2D eigenvalue weighted by atomic mass is 9.97. The van der Waals surface area contributed by atoms with Crippen LogP contribution in [0, 0.1) is 5.92 Å². The van der Waals surface area contributed by atoms with E-state index in [4.69, 9.17) is 10.5 Å². The van der Waals surface area contributed by atoms with Gasteiger partial charge in [0.05, 0.1) is 6.10 Å². The number of ether oxygens (including phenoxy) is 1. The van der Waals surface area contributed by atoms with Gasteiger partial charge < -0.3 is 10.5 Å². The Kier molecular flexibility index (Phi) is 7.48. The Bertz CT molecular complexity index is 157. The number of esters is 1. The summed E-state index contributed by atoms with van der Waals surface area (Å²) in [5.74, 6) is 0.482. The van der Waals surface area contributed by atoms with Crippen LogP contribution in [0.2, 0.25) is 0 Å². The summed E-state index contributed by atoms with van der Waals surface area (Å²) >= 11 is 0. The molecule has 3 nitrogen and oxygen atoms in total. The Hall–Kier alpha value is -0.570. The first-order chi connectivity index (χ1) is 6.60. The molecule has 0 rings (SSSR count). The molecule has 0 heterocycles. The van der Waals surface area contributed by atoms with E-state index in [1.165, 1.54) is 0 Å². The third-order valence-electron chi connectivity index (χ3n) is 2.28. The Morgan fingerprint density at radius 1 is 1.36 bits per heavy atom. The van der Waals surface area contributed by atoms with Crippen molar-refractivity contribution in [3.8, 4) is 0 Å². The van der Waals surface area contributed by atoms with Crippen LogP contribution < -0.4 is 5.73 Å². The maximum absolute atomic E-state index is 11.2. The van der Waals surface area contributed by atoms with E-state index in [1.807, 2.05) is 13.8 Å². The molecule has 0 aliphatic carbocycles. The summed E-state index contributed by atoms with van der Waals surface area (Å²) in [4.78, 5) is 11.2. The van der Waals surface area contributed by atoms with Crippen LogP contribution in [0.5, 0.6) is 0 Å².